The van der Waals surface area contributed by atoms with Crippen LogP contribution in [-0.4, -0.2) is 9.97 Å². The predicted octanol–water partition coefficient (Wildman–Crippen LogP) is 4.02. The summed E-state index contributed by atoms with van der Waals surface area (Å²) in [6, 6.07) is 11.7. The average molecular weight is 286 g/mol. The molecule has 2 rings (SSSR count). The highest BCUT2D eigenvalue weighted by Crippen LogP contribution is 2.32. The van der Waals surface area contributed by atoms with Crippen molar-refractivity contribution < 1.29 is 4.74 Å². The van der Waals surface area contributed by atoms with Crippen LogP contribution in [0.5, 0.6) is 11.5 Å². The second-order valence-corrected chi connectivity index (χ2v) is 5.10. The Kier molecular flexibility index (Phi) is 4.69. The number of hydrogen-bond donors (Lipinski definition) is 1. The molecule has 0 aliphatic rings. The first kappa shape index (κ1) is 14.5. The molecule has 3 nitrogen and oxygen atoms in total. The predicted molar refractivity (Wildman–Crippen MR) is 85.3 cm³/mol. The molecule has 1 aromatic carbocycles. The quantitative estimate of drug-likeness (QED) is 0.843. The molecule has 0 bridgehead atoms. The van der Waals surface area contributed by atoms with Crippen molar-refractivity contribution in [2.75, 3.05) is 0 Å². The molecule has 0 saturated heterocycles. The molecule has 1 heterocycles. The van der Waals surface area contributed by atoms with E-state index in [1.54, 1.807) is 6.20 Å². The number of benzene rings is 1. The maximum atomic E-state index is 5.99. The van der Waals surface area contributed by atoms with E-state index in [2.05, 4.69) is 24.9 Å². The van der Waals surface area contributed by atoms with Gasteiger partial charge in [0, 0.05) is 6.20 Å². The molecule has 1 atom stereocenters. The molecule has 0 aliphatic carbocycles. The first-order valence-corrected chi connectivity index (χ1v) is 7.06. The number of para-hydroxylation sites is 1. The summed E-state index contributed by atoms with van der Waals surface area (Å²) in [6.45, 7) is 4.34. The minimum absolute atomic E-state index is 0.238. The molecular weight excluding hydrogens is 268 g/mol. The fourth-order valence-corrected chi connectivity index (χ4v) is 2.13. The van der Waals surface area contributed by atoms with Crippen LogP contribution in [0.2, 0.25) is 0 Å². The second kappa shape index (κ2) is 6.48. The Hall–Kier alpha value is -1.94. The summed E-state index contributed by atoms with van der Waals surface area (Å²) in [6.07, 6.45) is 2.71. The Morgan fingerprint density at radius 2 is 1.95 bits per heavy atom. The van der Waals surface area contributed by atoms with Gasteiger partial charge in [0.05, 0.1) is 0 Å². The number of rotatable bonds is 5. The molecule has 1 unspecified atom stereocenters. The van der Waals surface area contributed by atoms with Crippen molar-refractivity contribution in [1.29, 1.82) is 0 Å². The largest absolute Gasteiger partial charge is 0.455 e. The lowest BCUT2D eigenvalue weighted by molar-refractivity contribution is 0.467. The first-order valence-electron chi connectivity index (χ1n) is 6.65. The van der Waals surface area contributed by atoms with Gasteiger partial charge in [-0.1, -0.05) is 44.3 Å². The SMILES string of the molecule is CCC(C)c1ccccc1Oc1cccnc1C(N)=S. The summed E-state index contributed by atoms with van der Waals surface area (Å²) in [4.78, 5) is 4.42. The monoisotopic (exact) mass is 286 g/mol. The van der Waals surface area contributed by atoms with Crippen LogP contribution in [-0.2, 0) is 0 Å². The Morgan fingerprint density at radius 3 is 2.65 bits per heavy atom. The summed E-state index contributed by atoms with van der Waals surface area (Å²) < 4.78 is 5.99. The standard InChI is InChI=1S/C16H18N2OS/c1-3-11(2)12-7-4-5-8-13(12)19-14-9-6-10-18-15(14)16(17)20/h4-11H,3H2,1-2H3,(H2,17,20). The van der Waals surface area contributed by atoms with E-state index in [0.29, 0.717) is 17.4 Å². The molecule has 0 amide bonds. The van der Waals surface area contributed by atoms with E-state index in [1.165, 1.54) is 5.56 Å². The number of nitrogens with zero attached hydrogens (tertiary/aromatic N) is 1. The van der Waals surface area contributed by atoms with Crippen molar-refractivity contribution in [3.63, 3.8) is 0 Å². The summed E-state index contributed by atoms with van der Waals surface area (Å²) >= 11 is 5.01. The zero-order chi connectivity index (χ0) is 14.5. The highest BCUT2D eigenvalue weighted by Gasteiger charge is 2.13. The van der Waals surface area contributed by atoms with Crippen molar-refractivity contribution >= 4 is 17.2 Å². The van der Waals surface area contributed by atoms with Crippen LogP contribution in [0.1, 0.15) is 37.4 Å². The van der Waals surface area contributed by atoms with Gasteiger partial charge in [-0.2, -0.15) is 0 Å². The van der Waals surface area contributed by atoms with E-state index in [-0.39, 0.29) is 4.99 Å². The number of nitrogens with two attached hydrogens (primary N) is 1. The van der Waals surface area contributed by atoms with Gasteiger partial charge in [0.1, 0.15) is 16.4 Å². The van der Waals surface area contributed by atoms with Gasteiger partial charge in [-0.3, -0.25) is 0 Å². The van der Waals surface area contributed by atoms with Gasteiger partial charge in [0.25, 0.3) is 0 Å². The molecule has 20 heavy (non-hydrogen) atoms. The number of thiocarbonyl (C=S) groups is 1. The first-order chi connectivity index (χ1) is 9.63. The molecule has 2 aromatic rings. The highest BCUT2D eigenvalue weighted by atomic mass is 32.1. The van der Waals surface area contributed by atoms with Crippen molar-refractivity contribution in [3.05, 3.63) is 53.9 Å². The van der Waals surface area contributed by atoms with Crippen LogP contribution in [0, 0.1) is 0 Å². The number of ether oxygens (including phenoxy) is 1. The Morgan fingerprint density at radius 1 is 1.25 bits per heavy atom. The summed E-state index contributed by atoms with van der Waals surface area (Å²) in [7, 11) is 0. The maximum Gasteiger partial charge on any atom is 0.156 e. The smallest absolute Gasteiger partial charge is 0.156 e. The van der Waals surface area contributed by atoms with Gasteiger partial charge < -0.3 is 10.5 Å². The van der Waals surface area contributed by atoms with Gasteiger partial charge in [-0.05, 0) is 36.1 Å². The minimum Gasteiger partial charge on any atom is -0.455 e. The zero-order valence-electron chi connectivity index (χ0n) is 11.7. The Bertz CT molecular complexity index is 613. The molecule has 0 radical (unpaired) electrons. The van der Waals surface area contributed by atoms with Crippen molar-refractivity contribution in [1.82, 2.24) is 4.98 Å². The van der Waals surface area contributed by atoms with Gasteiger partial charge in [-0.15, -0.1) is 0 Å². The third-order valence-electron chi connectivity index (χ3n) is 3.29. The van der Waals surface area contributed by atoms with Crippen molar-refractivity contribution in [2.45, 2.75) is 26.2 Å². The van der Waals surface area contributed by atoms with Crippen LogP contribution >= 0.6 is 12.2 Å². The molecule has 2 N–H and O–H groups in total. The molecule has 4 heteroatoms. The third kappa shape index (κ3) is 3.14. The van der Waals surface area contributed by atoms with E-state index in [0.717, 1.165) is 12.2 Å². The van der Waals surface area contributed by atoms with Gasteiger partial charge >= 0.3 is 0 Å². The van der Waals surface area contributed by atoms with Gasteiger partial charge in [0.15, 0.2) is 5.75 Å². The zero-order valence-corrected chi connectivity index (χ0v) is 12.5. The van der Waals surface area contributed by atoms with Crippen molar-refractivity contribution in [2.24, 2.45) is 5.73 Å². The lowest BCUT2D eigenvalue weighted by Gasteiger charge is -2.16. The Balaban J connectivity index is 2.38. The van der Waals surface area contributed by atoms with E-state index in [9.17, 15) is 0 Å². The summed E-state index contributed by atoms with van der Waals surface area (Å²) in [5.74, 6) is 1.85. The summed E-state index contributed by atoms with van der Waals surface area (Å²) in [5.41, 5.74) is 7.37. The van der Waals surface area contributed by atoms with Crippen LogP contribution in [0.15, 0.2) is 42.6 Å². The lowest BCUT2D eigenvalue weighted by atomic mass is 9.98. The normalized spacial score (nSPS) is 11.9. The van der Waals surface area contributed by atoms with E-state index in [4.69, 9.17) is 22.7 Å². The van der Waals surface area contributed by atoms with Crippen LogP contribution in [0.3, 0.4) is 0 Å². The highest BCUT2D eigenvalue weighted by molar-refractivity contribution is 7.80. The molecule has 0 spiro atoms. The van der Waals surface area contributed by atoms with Crippen LogP contribution in [0.25, 0.3) is 0 Å². The minimum atomic E-state index is 0.238. The molecular formula is C16H18N2OS. The number of pyridine rings is 1. The molecule has 0 aliphatic heterocycles. The van der Waals surface area contributed by atoms with Gasteiger partial charge in [0.2, 0.25) is 0 Å². The number of aromatic nitrogens is 1. The number of hydrogen-bond acceptors (Lipinski definition) is 3. The third-order valence-corrected chi connectivity index (χ3v) is 3.48. The second-order valence-electron chi connectivity index (χ2n) is 4.66. The summed E-state index contributed by atoms with van der Waals surface area (Å²) in [5, 5.41) is 0. The molecule has 1 aromatic heterocycles. The van der Waals surface area contributed by atoms with Crippen LogP contribution < -0.4 is 10.5 Å². The van der Waals surface area contributed by atoms with E-state index < -0.39 is 0 Å². The Labute approximate surface area is 124 Å². The fourth-order valence-electron chi connectivity index (χ4n) is 1.98. The maximum absolute atomic E-state index is 5.99. The average Bonchev–Trinajstić information content (AvgIpc) is 2.47. The molecule has 104 valence electrons. The van der Waals surface area contributed by atoms with Crippen LogP contribution in [0.4, 0.5) is 0 Å². The van der Waals surface area contributed by atoms with Gasteiger partial charge in [-0.25, -0.2) is 4.98 Å². The topological polar surface area (TPSA) is 48.1 Å². The lowest BCUT2D eigenvalue weighted by Crippen LogP contribution is -2.13. The van der Waals surface area contributed by atoms with E-state index in [1.807, 2.05) is 30.3 Å². The fraction of sp³-hybridized carbons (Fsp3) is 0.250. The van der Waals surface area contributed by atoms with E-state index >= 15 is 0 Å². The van der Waals surface area contributed by atoms with Crippen molar-refractivity contribution in [3.8, 4) is 11.5 Å². The molecule has 0 fully saturated rings. The molecule has 0 saturated carbocycles.